The molecule has 1 atom stereocenters. The molecule has 0 aliphatic rings. The van der Waals surface area contributed by atoms with Crippen LogP contribution in [0.2, 0.25) is 0 Å². The molecule has 2 rings (SSSR count). The minimum Gasteiger partial charge on any atom is -0.497 e. The van der Waals surface area contributed by atoms with Gasteiger partial charge < -0.3 is 14.6 Å². The summed E-state index contributed by atoms with van der Waals surface area (Å²) in [5.41, 5.74) is -0.559. The van der Waals surface area contributed by atoms with Crippen LogP contribution in [-0.4, -0.2) is 19.3 Å². The predicted molar refractivity (Wildman–Crippen MR) is 69.9 cm³/mol. The van der Waals surface area contributed by atoms with Crippen molar-refractivity contribution in [2.45, 2.75) is 6.10 Å². The zero-order valence-corrected chi connectivity index (χ0v) is 11.4. The van der Waals surface area contributed by atoms with E-state index in [1.165, 1.54) is 26.4 Å². The molecular weight excluding hydrogens is 285 g/mol. The third kappa shape index (κ3) is 2.95. The Labute approximate surface area is 119 Å². The van der Waals surface area contributed by atoms with E-state index in [1.54, 1.807) is 0 Å². The SMILES string of the molecule is COc1cc(F)c(C(O)c2ccc(OC)c(F)c2)c(F)c1. The van der Waals surface area contributed by atoms with Crippen LogP contribution in [-0.2, 0) is 0 Å². The quantitative estimate of drug-likeness (QED) is 0.942. The third-order valence-electron chi connectivity index (χ3n) is 3.05. The molecular formula is C15H13F3O3. The fraction of sp³-hybridized carbons (Fsp3) is 0.200. The summed E-state index contributed by atoms with van der Waals surface area (Å²) in [5, 5.41) is 10.1. The van der Waals surface area contributed by atoms with Crippen molar-refractivity contribution in [3.05, 3.63) is 58.9 Å². The Morgan fingerprint density at radius 1 is 0.905 bits per heavy atom. The fourth-order valence-corrected chi connectivity index (χ4v) is 1.96. The lowest BCUT2D eigenvalue weighted by atomic mass is 10.00. The van der Waals surface area contributed by atoms with Gasteiger partial charge in [0, 0.05) is 12.1 Å². The van der Waals surface area contributed by atoms with Crippen LogP contribution in [0.25, 0.3) is 0 Å². The second-order valence-corrected chi connectivity index (χ2v) is 4.30. The average Bonchev–Trinajstić information content (AvgIpc) is 2.46. The van der Waals surface area contributed by atoms with E-state index in [4.69, 9.17) is 9.47 Å². The molecule has 0 saturated heterocycles. The van der Waals surface area contributed by atoms with E-state index < -0.39 is 29.1 Å². The first kappa shape index (κ1) is 15.2. The van der Waals surface area contributed by atoms with E-state index in [0.29, 0.717) is 0 Å². The number of methoxy groups -OCH3 is 2. The highest BCUT2D eigenvalue weighted by Gasteiger charge is 2.22. The molecule has 2 aromatic carbocycles. The number of rotatable bonds is 4. The normalized spacial score (nSPS) is 12.1. The lowest BCUT2D eigenvalue weighted by Gasteiger charge is -2.15. The number of halogens is 3. The van der Waals surface area contributed by atoms with Gasteiger partial charge in [0.2, 0.25) is 0 Å². The Balaban J connectivity index is 2.44. The monoisotopic (exact) mass is 298 g/mol. The Hall–Kier alpha value is -2.21. The van der Waals surface area contributed by atoms with Gasteiger partial charge in [-0.3, -0.25) is 0 Å². The fourth-order valence-electron chi connectivity index (χ4n) is 1.96. The number of aliphatic hydroxyl groups is 1. The number of hydrogen-bond donors (Lipinski definition) is 1. The molecule has 3 nitrogen and oxygen atoms in total. The molecule has 21 heavy (non-hydrogen) atoms. The van der Waals surface area contributed by atoms with Crippen molar-refractivity contribution in [3.63, 3.8) is 0 Å². The van der Waals surface area contributed by atoms with Crippen LogP contribution in [0.15, 0.2) is 30.3 Å². The lowest BCUT2D eigenvalue weighted by molar-refractivity contribution is 0.208. The Kier molecular flexibility index (Phi) is 4.37. The van der Waals surface area contributed by atoms with Crippen molar-refractivity contribution in [1.29, 1.82) is 0 Å². The van der Waals surface area contributed by atoms with Crippen molar-refractivity contribution in [2.75, 3.05) is 14.2 Å². The van der Waals surface area contributed by atoms with Crippen LogP contribution >= 0.6 is 0 Å². The molecule has 0 aromatic heterocycles. The molecule has 0 amide bonds. The van der Waals surface area contributed by atoms with E-state index >= 15 is 0 Å². The van der Waals surface area contributed by atoms with Gasteiger partial charge in [0.1, 0.15) is 23.5 Å². The number of benzene rings is 2. The summed E-state index contributed by atoms with van der Waals surface area (Å²) in [6.45, 7) is 0. The standard InChI is InChI=1S/C15H13F3O3/c1-20-9-6-11(17)14(12(18)7-9)15(19)8-3-4-13(21-2)10(16)5-8/h3-7,15,19H,1-2H3. The molecule has 2 aromatic rings. The summed E-state index contributed by atoms with van der Waals surface area (Å²) in [6.07, 6.45) is -1.64. The Morgan fingerprint density at radius 2 is 1.52 bits per heavy atom. The lowest BCUT2D eigenvalue weighted by Crippen LogP contribution is -2.07. The van der Waals surface area contributed by atoms with Gasteiger partial charge in [-0.25, -0.2) is 13.2 Å². The molecule has 0 saturated carbocycles. The summed E-state index contributed by atoms with van der Waals surface area (Å²) in [7, 11) is 2.56. The van der Waals surface area contributed by atoms with Gasteiger partial charge in [0.25, 0.3) is 0 Å². The van der Waals surface area contributed by atoms with Gasteiger partial charge in [-0.05, 0) is 17.7 Å². The van der Waals surface area contributed by atoms with Gasteiger partial charge in [-0.1, -0.05) is 6.07 Å². The summed E-state index contributed by atoms with van der Waals surface area (Å²) in [4.78, 5) is 0. The molecule has 112 valence electrons. The maximum Gasteiger partial charge on any atom is 0.165 e. The molecule has 0 fully saturated rings. The van der Waals surface area contributed by atoms with Gasteiger partial charge in [0.05, 0.1) is 19.8 Å². The average molecular weight is 298 g/mol. The summed E-state index contributed by atoms with van der Waals surface area (Å²) >= 11 is 0. The van der Waals surface area contributed by atoms with Crippen molar-refractivity contribution in [1.82, 2.24) is 0 Å². The molecule has 1 unspecified atom stereocenters. The van der Waals surface area contributed by atoms with Gasteiger partial charge in [-0.15, -0.1) is 0 Å². The topological polar surface area (TPSA) is 38.7 Å². The first-order valence-corrected chi connectivity index (χ1v) is 6.02. The van der Waals surface area contributed by atoms with Gasteiger partial charge >= 0.3 is 0 Å². The summed E-state index contributed by atoms with van der Waals surface area (Å²) in [5.74, 6) is -2.72. The minimum atomic E-state index is -1.64. The van der Waals surface area contributed by atoms with Crippen molar-refractivity contribution < 1.29 is 27.8 Å². The Bertz CT molecular complexity index is 636. The predicted octanol–water partition coefficient (Wildman–Crippen LogP) is 3.20. The van der Waals surface area contributed by atoms with Gasteiger partial charge in [0.15, 0.2) is 11.6 Å². The highest BCUT2D eigenvalue weighted by Crippen LogP contribution is 2.31. The zero-order chi connectivity index (χ0) is 15.6. The van der Waals surface area contributed by atoms with Gasteiger partial charge in [-0.2, -0.15) is 0 Å². The number of ether oxygens (including phenoxy) is 2. The largest absolute Gasteiger partial charge is 0.497 e. The van der Waals surface area contributed by atoms with Crippen molar-refractivity contribution >= 4 is 0 Å². The van der Waals surface area contributed by atoms with Crippen LogP contribution < -0.4 is 9.47 Å². The van der Waals surface area contributed by atoms with Crippen LogP contribution in [0.5, 0.6) is 11.5 Å². The molecule has 0 bridgehead atoms. The molecule has 0 spiro atoms. The maximum atomic E-state index is 13.9. The van der Waals surface area contributed by atoms with E-state index in [9.17, 15) is 18.3 Å². The first-order valence-electron chi connectivity index (χ1n) is 6.02. The smallest absolute Gasteiger partial charge is 0.165 e. The van der Waals surface area contributed by atoms with E-state index in [1.807, 2.05) is 0 Å². The number of aliphatic hydroxyl groups excluding tert-OH is 1. The van der Waals surface area contributed by atoms with Crippen molar-refractivity contribution in [2.24, 2.45) is 0 Å². The molecule has 0 aliphatic heterocycles. The zero-order valence-electron chi connectivity index (χ0n) is 11.4. The highest BCUT2D eigenvalue weighted by atomic mass is 19.1. The Morgan fingerprint density at radius 3 is 2.00 bits per heavy atom. The minimum absolute atomic E-state index is 0.0104. The molecule has 0 aliphatic carbocycles. The molecule has 0 heterocycles. The molecule has 0 radical (unpaired) electrons. The maximum absolute atomic E-state index is 13.9. The van der Waals surface area contributed by atoms with Crippen LogP contribution in [0, 0.1) is 17.5 Å². The van der Waals surface area contributed by atoms with Crippen LogP contribution in [0.1, 0.15) is 17.2 Å². The van der Waals surface area contributed by atoms with Crippen molar-refractivity contribution in [3.8, 4) is 11.5 Å². The highest BCUT2D eigenvalue weighted by molar-refractivity contribution is 5.39. The van der Waals surface area contributed by atoms with Crippen LogP contribution in [0.3, 0.4) is 0 Å². The second-order valence-electron chi connectivity index (χ2n) is 4.30. The van der Waals surface area contributed by atoms with Crippen LogP contribution in [0.4, 0.5) is 13.2 Å². The molecule has 6 heteroatoms. The van der Waals surface area contributed by atoms with E-state index in [2.05, 4.69) is 0 Å². The summed E-state index contributed by atoms with van der Waals surface area (Å²) in [6, 6.07) is 5.46. The number of hydrogen-bond acceptors (Lipinski definition) is 3. The van der Waals surface area contributed by atoms with E-state index in [0.717, 1.165) is 18.2 Å². The second kappa shape index (κ2) is 6.05. The first-order chi connectivity index (χ1) is 9.97. The third-order valence-corrected chi connectivity index (χ3v) is 3.05. The molecule has 1 N–H and O–H groups in total. The van der Waals surface area contributed by atoms with E-state index in [-0.39, 0.29) is 17.1 Å². The summed E-state index contributed by atoms with van der Waals surface area (Å²) < 4.78 is 50.8.